The van der Waals surface area contributed by atoms with Crippen LogP contribution in [0.4, 0.5) is 5.69 Å². The molecule has 2 aromatic rings. The number of nitrogens with one attached hydrogen (secondary N) is 1. The third kappa shape index (κ3) is 4.92. The molecule has 0 radical (unpaired) electrons. The van der Waals surface area contributed by atoms with Gasteiger partial charge in [0.1, 0.15) is 0 Å². The maximum Gasteiger partial charge on any atom is 0.0498 e. The number of piperidine rings is 1. The van der Waals surface area contributed by atoms with Crippen LogP contribution >= 0.6 is 0 Å². The second kappa shape index (κ2) is 8.45. The molecule has 1 aliphatic heterocycles. The zero-order valence-corrected chi connectivity index (χ0v) is 15.1. The van der Waals surface area contributed by atoms with Crippen molar-refractivity contribution in [1.29, 1.82) is 0 Å². The summed E-state index contributed by atoms with van der Waals surface area (Å²) in [4.78, 5) is 3.42. The van der Waals surface area contributed by atoms with E-state index in [1.165, 1.54) is 43.5 Å². The molecule has 1 aliphatic rings. The summed E-state index contributed by atoms with van der Waals surface area (Å²) in [5.74, 6) is 0. The minimum absolute atomic E-state index is 0.782. The first-order valence-electron chi connectivity index (χ1n) is 8.68. The van der Waals surface area contributed by atoms with Gasteiger partial charge in [0, 0.05) is 40.7 Å². The second-order valence-electron chi connectivity index (χ2n) is 6.49. The lowest BCUT2D eigenvalue weighted by atomic mass is 10.1. The Morgan fingerprint density at radius 3 is 2.46 bits per heavy atom. The zero-order chi connectivity index (χ0) is 16.8. The van der Waals surface area contributed by atoms with E-state index in [1.54, 1.807) is 6.26 Å². The molecule has 4 heteroatoms. The molecule has 0 saturated carbocycles. The maximum atomic E-state index is 11.4. The Kier molecular flexibility index (Phi) is 6.05. The predicted octanol–water partition coefficient (Wildman–Crippen LogP) is 4.02. The number of benzene rings is 2. The summed E-state index contributed by atoms with van der Waals surface area (Å²) in [6.45, 7) is 4.28. The number of anilines is 1. The Labute approximate surface area is 147 Å². The lowest BCUT2D eigenvalue weighted by Crippen LogP contribution is -2.29. The summed E-state index contributed by atoms with van der Waals surface area (Å²) in [5, 5.41) is 3.49. The molecule has 1 fully saturated rings. The van der Waals surface area contributed by atoms with Crippen molar-refractivity contribution in [3.05, 3.63) is 59.7 Å². The highest BCUT2D eigenvalue weighted by molar-refractivity contribution is 7.84. The van der Waals surface area contributed by atoms with Crippen molar-refractivity contribution in [2.45, 2.75) is 37.2 Å². The summed E-state index contributed by atoms with van der Waals surface area (Å²) in [5.41, 5.74) is 3.73. The van der Waals surface area contributed by atoms with Gasteiger partial charge in [-0.25, -0.2) is 0 Å². The summed E-state index contributed by atoms with van der Waals surface area (Å²) >= 11 is 0. The lowest BCUT2D eigenvalue weighted by molar-refractivity contribution is 0.221. The summed E-state index contributed by atoms with van der Waals surface area (Å²) < 4.78 is 11.4. The molecule has 2 aromatic carbocycles. The minimum Gasteiger partial charge on any atom is -0.381 e. The van der Waals surface area contributed by atoms with Gasteiger partial charge in [-0.15, -0.1) is 0 Å². The second-order valence-corrected chi connectivity index (χ2v) is 7.87. The molecule has 0 spiro atoms. The largest absolute Gasteiger partial charge is 0.381 e. The Balaban J connectivity index is 1.56. The molecule has 1 heterocycles. The third-order valence-corrected chi connectivity index (χ3v) is 5.47. The van der Waals surface area contributed by atoms with Crippen LogP contribution in [0.2, 0.25) is 0 Å². The maximum absolute atomic E-state index is 11.4. The SMILES string of the molecule is C[S@@](=O)c1ccc(CNc2cccc(CN3CCCCC3)c2)cc1. The van der Waals surface area contributed by atoms with Crippen molar-refractivity contribution < 1.29 is 4.21 Å². The Morgan fingerprint density at radius 1 is 1.00 bits per heavy atom. The van der Waals surface area contributed by atoms with Crippen molar-refractivity contribution in [2.24, 2.45) is 0 Å². The van der Waals surface area contributed by atoms with E-state index in [4.69, 9.17) is 0 Å². The first-order valence-corrected chi connectivity index (χ1v) is 10.2. The van der Waals surface area contributed by atoms with E-state index < -0.39 is 10.8 Å². The van der Waals surface area contributed by atoms with Crippen LogP contribution in [0.5, 0.6) is 0 Å². The van der Waals surface area contributed by atoms with Crippen molar-refractivity contribution in [3.63, 3.8) is 0 Å². The van der Waals surface area contributed by atoms with Crippen molar-refractivity contribution in [3.8, 4) is 0 Å². The van der Waals surface area contributed by atoms with E-state index in [-0.39, 0.29) is 0 Å². The molecule has 1 N–H and O–H groups in total. The van der Waals surface area contributed by atoms with Gasteiger partial charge in [-0.3, -0.25) is 9.11 Å². The first-order chi connectivity index (χ1) is 11.7. The van der Waals surface area contributed by atoms with E-state index in [9.17, 15) is 4.21 Å². The molecule has 1 atom stereocenters. The van der Waals surface area contributed by atoms with E-state index in [1.807, 2.05) is 24.3 Å². The molecular weight excluding hydrogens is 316 g/mol. The number of rotatable bonds is 6. The van der Waals surface area contributed by atoms with Crippen LogP contribution in [0, 0.1) is 0 Å². The van der Waals surface area contributed by atoms with Gasteiger partial charge in [0.05, 0.1) is 0 Å². The summed E-state index contributed by atoms with van der Waals surface area (Å²) in [6.07, 6.45) is 5.75. The Bertz CT molecular complexity index is 678. The third-order valence-electron chi connectivity index (χ3n) is 4.53. The van der Waals surface area contributed by atoms with Crippen LogP contribution in [0.15, 0.2) is 53.4 Å². The molecule has 0 unspecified atom stereocenters. The Morgan fingerprint density at radius 2 is 1.75 bits per heavy atom. The number of hydrogen-bond donors (Lipinski definition) is 1. The van der Waals surface area contributed by atoms with Crippen LogP contribution in [0.25, 0.3) is 0 Å². The van der Waals surface area contributed by atoms with Crippen LogP contribution in [-0.4, -0.2) is 28.5 Å². The van der Waals surface area contributed by atoms with Gasteiger partial charge < -0.3 is 5.32 Å². The fourth-order valence-electron chi connectivity index (χ4n) is 3.16. The highest BCUT2D eigenvalue weighted by Gasteiger charge is 2.10. The van der Waals surface area contributed by atoms with Gasteiger partial charge in [-0.1, -0.05) is 30.7 Å². The van der Waals surface area contributed by atoms with Gasteiger partial charge in [-0.05, 0) is 61.3 Å². The molecule has 24 heavy (non-hydrogen) atoms. The van der Waals surface area contributed by atoms with Crippen molar-refractivity contribution in [1.82, 2.24) is 4.90 Å². The fraction of sp³-hybridized carbons (Fsp3) is 0.400. The van der Waals surface area contributed by atoms with E-state index in [2.05, 4.69) is 34.5 Å². The van der Waals surface area contributed by atoms with Crippen LogP contribution in [0.3, 0.4) is 0 Å². The fourth-order valence-corrected chi connectivity index (χ4v) is 3.68. The minimum atomic E-state index is -0.909. The molecule has 0 amide bonds. The van der Waals surface area contributed by atoms with E-state index in [0.29, 0.717) is 0 Å². The topological polar surface area (TPSA) is 32.3 Å². The van der Waals surface area contributed by atoms with Crippen LogP contribution in [-0.2, 0) is 23.9 Å². The van der Waals surface area contributed by atoms with Gasteiger partial charge in [0.2, 0.25) is 0 Å². The first kappa shape index (κ1) is 17.2. The van der Waals surface area contributed by atoms with E-state index >= 15 is 0 Å². The number of likely N-dealkylation sites (tertiary alicyclic amines) is 1. The quantitative estimate of drug-likeness (QED) is 0.860. The smallest absolute Gasteiger partial charge is 0.0498 e. The molecule has 0 aromatic heterocycles. The van der Waals surface area contributed by atoms with Crippen molar-refractivity contribution >= 4 is 16.5 Å². The molecule has 3 rings (SSSR count). The zero-order valence-electron chi connectivity index (χ0n) is 14.3. The van der Waals surface area contributed by atoms with Crippen LogP contribution < -0.4 is 5.32 Å². The van der Waals surface area contributed by atoms with Gasteiger partial charge >= 0.3 is 0 Å². The molecule has 128 valence electrons. The van der Waals surface area contributed by atoms with Gasteiger partial charge in [0.25, 0.3) is 0 Å². The Hall–Kier alpha value is -1.65. The van der Waals surface area contributed by atoms with Gasteiger partial charge in [-0.2, -0.15) is 0 Å². The molecule has 0 bridgehead atoms. The van der Waals surface area contributed by atoms with Crippen molar-refractivity contribution in [2.75, 3.05) is 24.7 Å². The molecule has 3 nitrogen and oxygen atoms in total. The standard InChI is InChI=1S/C20H26N2OS/c1-24(23)20-10-8-17(9-11-20)15-21-19-7-5-6-18(14-19)16-22-12-3-2-4-13-22/h5-11,14,21H,2-4,12-13,15-16H2,1H3/t24-/m1/s1. The monoisotopic (exact) mass is 342 g/mol. The summed E-state index contributed by atoms with van der Waals surface area (Å²) in [6, 6.07) is 16.7. The lowest BCUT2D eigenvalue weighted by Gasteiger charge is -2.26. The van der Waals surface area contributed by atoms with Crippen LogP contribution in [0.1, 0.15) is 30.4 Å². The summed E-state index contributed by atoms with van der Waals surface area (Å²) in [7, 11) is -0.909. The molecule has 0 aliphatic carbocycles. The molecule has 1 saturated heterocycles. The molecular formula is C20H26N2OS. The number of hydrogen-bond acceptors (Lipinski definition) is 3. The number of nitrogens with zero attached hydrogens (tertiary/aromatic N) is 1. The predicted molar refractivity (Wildman–Crippen MR) is 102 cm³/mol. The average Bonchev–Trinajstić information content (AvgIpc) is 2.61. The van der Waals surface area contributed by atoms with E-state index in [0.717, 1.165) is 23.7 Å². The van der Waals surface area contributed by atoms with Gasteiger partial charge in [0.15, 0.2) is 0 Å². The highest BCUT2D eigenvalue weighted by Crippen LogP contribution is 2.17. The highest BCUT2D eigenvalue weighted by atomic mass is 32.2. The average molecular weight is 343 g/mol. The normalized spacial score (nSPS) is 16.7.